The van der Waals surface area contributed by atoms with Crippen molar-refractivity contribution in [2.45, 2.75) is 44.2 Å². The molecule has 1 aliphatic rings. The van der Waals surface area contributed by atoms with E-state index in [1.165, 1.54) is 22.9 Å². The molecule has 0 radical (unpaired) electrons. The smallest absolute Gasteiger partial charge is 0.370 e. The van der Waals surface area contributed by atoms with Crippen molar-refractivity contribution in [3.8, 4) is 22.9 Å². The van der Waals surface area contributed by atoms with Crippen LogP contribution in [0.3, 0.4) is 0 Å². The third-order valence-electron chi connectivity index (χ3n) is 6.54. The molecule has 0 saturated carbocycles. The number of aromatic hydroxyl groups is 1. The van der Waals surface area contributed by atoms with Crippen LogP contribution in [-0.2, 0) is 14.3 Å². The van der Waals surface area contributed by atoms with E-state index in [0.29, 0.717) is 22.0 Å². The van der Waals surface area contributed by atoms with Gasteiger partial charge in [-0.1, -0.05) is 38.1 Å². The number of nitrogens with one attached hydrogen (secondary N) is 1. The van der Waals surface area contributed by atoms with E-state index in [9.17, 15) is 40.4 Å². The molecule has 204 valence electrons. The standard InChI is InChI=1S/C27H28N4O8/c1-13(2)26(36)29-23-18(10-21(27(37)38)39-25(23)24(35)20(34)12-32)31-19(11-28)17-8-4-7-16(22(17)30-31)14-5-3-6-15(33)9-14/h3-10,13,18,20,23-25,32-35H,12H2,1-2H3,(H,29,36)(H,37,38)/t18-,20+,23+,24+,25+/m0/s1. The molecule has 0 saturated heterocycles. The maximum absolute atomic E-state index is 12.8. The van der Waals surface area contributed by atoms with Crippen molar-refractivity contribution in [3.05, 3.63) is 60.0 Å². The number of amides is 1. The molecule has 6 N–H and O–H groups in total. The number of nitrogens with zero attached hydrogens (tertiary/aromatic N) is 3. The fourth-order valence-electron chi connectivity index (χ4n) is 4.52. The van der Waals surface area contributed by atoms with Crippen LogP contribution >= 0.6 is 0 Å². The molecular formula is C27H28N4O8. The molecule has 5 atom stereocenters. The number of aliphatic hydroxyl groups is 3. The molecule has 0 unspecified atom stereocenters. The Morgan fingerprint density at radius 1 is 1.21 bits per heavy atom. The topological polar surface area (TPSA) is 198 Å². The van der Waals surface area contributed by atoms with Crippen molar-refractivity contribution < 1.29 is 39.9 Å². The van der Waals surface area contributed by atoms with Crippen LogP contribution in [0.4, 0.5) is 0 Å². The SMILES string of the molecule is CC(C)C(=O)N[C@H]1[C@H]([C@H](O)[C@H](O)CO)OC(C(=O)O)=C[C@@H]1n1nc2c(-c3cccc(O)c3)cccc2c1C#N. The number of fused-ring (bicyclic) bond motifs is 1. The number of aliphatic carboxylic acids is 1. The van der Waals surface area contributed by atoms with Gasteiger partial charge in [-0.15, -0.1) is 0 Å². The summed E-state index contributed by atoms with van der Waals surface area (Å²) in [5.41, 5.74) is 1.62. The van der Waals surface area contributed by atoms with Gasteiger partial charge in [0.25, 0.3) is 0 Å². The molecule has 0 spiro atoms. The Hall–Kier alpha value is -4.44. The van der Waals surface area contributed by atoms with Gasteiger partial charge in [0.05, 0.1) is 18.7 Å². The van der Waals surface area contributed by atoms with Gasteiger partial charge in [-0.2, -0.15) is 10.4 Å². The van der Waals surface area contributed by atoms with Crippen molar-refractivity contribution in [2.24, 2.45) is 5.92 Å². The van der Waals surface area contributed by atoms with Crippen LogP contribution in [0.5, 0.6) is 5.75 Å². The van der Waals surface area contributed by atoms with Crippen LogP contribution in [0.2, 0.25) is 0 Å². The Kier molecular flexibility index (Phi) is 7.87. The molecule has 4 rings (SSSR count). The van der Waals surface area contributed by atoms with Crippen LogP contribution in [0, 0.1) is 17.2 Å². The van der Waals surface area contributed by atoms with E-state index in [1.54, 1.807) is 44.2 Å². The van der Waals surface area contributed by atoms with Crippen LogP contribution in [0.1, 0.15) is 25.6 Å². The Morgan fingerprint density at radius 3 is 2.54 bits per heavy atom. The fourth-order valence-corrected chi connectivity index (χ4v) is 4.52. The Balaban J connectivity index is 1.96. The summed E-state index contributed by atoms with van der Waals surface area (Å²) < 4.78 is 6.75. The number of ether oxygens (including phenoxy) is 1. The maximum atomic E-state index is 12.8. The second kappa shape index (κ2) is 11.1. The van der Waals surface area contributed by atoms with Crippen molar-refractivity contribution >= 4 is 22.8 Å². The monoisotopic (exact) mass is 536 g/mol. The molecule has 1 amide bonds. The minimum Gasteiger partial charge on any atom is -0.508 e. The minimum atomic E-state index is -1.81. The number of nitriles is 1. The number of hydrogen-bond donors (Lipinski definition) is 6. The van der Waals surface area contributed by atoms with Crippen LogP contribution < -0.4 is 5.32 Å². The van der Waals surface area contributed by atoms with Crippen LogP contribution in [0.25, 0.3) is 22.0 Å². The van der Waals surface area contributed by atoms with Gasteiger partial charge in [-0.3, -0.25) is 4.79 Å². The van der Waals surface area contributed by atoms with Crippen LogP contribution in [-0.4, -0.2) is 78.2 Å². The lowest BCUT2D eigenvalue weighted by Crippen LogP contribution is -2.59. The molecule has 0 fully saturated rings. The number of benzene rings is 2. The lowest BCUT2D eigenvalue weighted by atomic mass is 9.91. The number of carboxylic acid groups (broad SMARTS) is 1. The van der Waals surface area contributed by atoms with E-state index in [-0.39, 0.29) is 11.4 Å². The number of phenols is 1. The maximum Gasteiger partial charge on any atom is 0.370 e. The quantitative estimate of drug-likeness (QED) is 0.242. The van der Waals surface area contributed by atoms with Gasteiger partial charge in [0.1, 0.15) is 41.3 Å². The summed E-state index contributed by atoms with van der Waals surface area (Å²) in [4.78, 5) is 24.8. The Bertz CT molecular complexity index is 1470. The van der Waals surface area contributed by atoms with Crippen molar-refractivity contribution in [2.75, 3.05) is 6.61 Å². The fraction of sp³-hybridized carbons (Fsp3) is 0.333. The van der Waals surface area contributed by atoms with Gasteiger partial charge in [-0.25, -0.2) is 9.48 Å². The van der Waals surface area contributed by atoms with Gasteiger partial charge in [0.2, 0.25) is 11.7 Å². The van der Waals surface area contributed by atoms with Gasteiger partial charge in [0.15, 0.2) is 0 Å². The number of carbonyl (C=O) groups is 2. The van der Waals surface area contributed by atoms with E-state index in [2.05, 4.69) is 16.5 Å². The number of carbonyl (C=O) groups excluding carboxylic acids is 1. The molecule has 2 heterocycles. The summed E-state index contributed by atoms with van der Waals surface area (Å²) in [6.07, 6.45) is -3.88. The molecule has 1 aliphatic heterocycles. The summed E-state index contributed by atoms with van der Waals surface area (Å²) >= 11 is 0. The number of rotatable bonds is 8. The highest BCUT2D eigenvalue weighted by atomic mass is 16.5. The lowest BCUT2D eigenvalue weighted by Gasteiger charge is -2.40. The van der Waals surface area contributed by atoms with E-state index < -0.39 is 60.6 Å². The van der Waals surface area contributed by atoms with Crippen molar-refractivity contribution in [1.82, 2.24) is 15.1 Å². The molecule has 0 aliphatic carbocycles. The first kappa shape index (κ1) is 27.6. The second-order valence-corrected chi connectivity index (χ2v) is 9.50. The third-order valence-corrected chi connectivity index (χ3v) is 6.54. The van der Waals surface area contributed by atoms with Gasteiger partial charge in [0, 0.05) is 16.9 Å². The van der Waals surface area contributed by atoms with E-state index in [1.807, 2.05) is 0 Å². The molecular weight excluding hydrogens is 508 g/mol. The first-order valence-corrected chi connectivity index (χ1v) is 12.2. The molecule has 39 heavy (non-hydrogen) atoms. The summed E-state index contributed by atoms with van der Waals surface area (Å²) in [5.74, 6) is -3.04. The summed E-state index contributed by atoms with van der Waals surface area (Å²) in [6, 6.07) is 11.3. The third kappa shape index (κ3) is 5.28. The summed E-state index contributed by atoms with van der Waals surface area (Å²) in [6.45, 7) is 2.40. The van der Waals surface area contributed by atoms with Gasteiger partial charge in [-0.05, 0) is 29.8 Å². The van der Waals surface area contributed by atoms with E-state index >= 15 is 0 Å². The average Bonchev–Trinajstić information content (AvgIpc) is 3.30. The van der Waals surface area contributed by atoms with Gasteiger partial charge < -0.3 is 35.6 Å². The second-order valence-electron chi connectivity index (χ2n) is 9.50. The zero-order valence-electron chi connectivity index (χ0n) is 21.1. The molecule has 12 nitrogen and oxygen atoms in total. The normalized spacial score (nSPS) is 20.5. The van der Waals surface area contributed by atoms with Crippen LogP contribution in [0.15, 0.2) is 54.3 Å². The van der Waals surface area contributed by atoms with Gasteiger partial charge >= 0.3 is 5.97 Å². The predicted octanol–water partition coefficient (Wildman–Crippen LogP) is 1.04. The Morgan fingerprint density at radius 2 is 1.92 bits per heavy atom. The molecule has 3 aromatic rings. The predicted molar refractivity (Wildman–Crippen MR) is 137 cm³/mol. The number of phenolic OH excluding ortho intramolecular Hbond substituents is 1. The lowest BCUT2D eigenvalue weighted by molar-refractivity contribution is -0.147. The average molecular weight is 537 g/mol. The minimum absolute atomic E-state index is 0.0265. The first-order valence-electron chi connectivity index (χ1n) is 12.2. The molecule has 1 aromatic heterocycles. The Labute approximate surface area is 223 Å². The number of carboxylic acids is 1. The molecule has 2 aromatic carbocycles. The van der Waals surface area contributed by atoms with E-state index in [4.69, 9.17) is 4.74 Å². The zero-order chi connectivity index (χ0) is 28.4. The summed E-state index contributed by atoms with van der Waals surface area (Å²) in [7, 11) is 0. The number of aliphatic hydroxyl groups excluding tert-OH is 3. The highest BCUT2D eigenvalue weighted by molar-refractivity contribution is 5.96. The largest absolute Gasteiger partial charge is 0.508 e. The number of hydrogen-bond acceptors (Lipinski definition) is 9. The zero-order valence-corrected chi connectivity index (χ0v) is 21.1. The van der Waals surface area contributed by atoms with E-state index in [0.717, 1.165) is 0 Å². The molecule has 0 bridgehead atoms. The first-order chi connectivity index (χ1) is 18.6. The summed E-state index contributed by atoms with van der Waals surface area (Å²) in [5, 5.41) is 68.1. The molecule has 12 heteroatoms. The van der Waals surface area contributed by atoms with Crippen molar-refractivity contribution in [3.63, 3.8) is 0 Å². The number of aromatic nitrogens is 2. The highest BCUT2D eigenvalue weighted by Crippen LogP contribution is 2.36. The van der Waals surface area contributed by atoms with Crippen molar-refractivity contribution in [1.29, 1.82) is 5.26 Å². The highest BCUT2D eigenvalue weighted by Gasteiger charge is 2.45.